The predicted molar refractivity (Wildman–Crippen MR) is 120 cm³/mol. The van der Waals surface area contributed by atoms with Crippen LogP contribution >= 0.6 is 0 Å². The Morgan fingerprint density at radius 2 is 2.21 bits per heavy atom. The molecule has 0 bridgehead atoms. The quantitative estimate of drug-likeness (QED) is 0.477. The van der Waals surface area contributed by atoms with E-state index in [2.05, 4.69) is 21.1 Å². The molecular formula is C24H19FN6O2. The van der Waals surface area contributed by atoms with Crippen LogP contribution in [0.4, 0.5) is 10.1 Å². The molecule has 1 aliphatic rings. The summed E-state index contributed by atoms with van der Waals surface area (Å²) in [7, 11) is 0. The number of pyridine rings is 1. The maximum atomic E-state index is 14.7. The molecule has 1 atom stereocenters. The van der Waals surface area contributed by atoms with E-state index in [0.717, 1.165) is 28.2 Å². The Morgan fingerprint density at radius 1 is 1.33 bits per heavy atom. The lowest BCUT2D eigenvalue weighted by Gasteiger charge is -2.39. The molecule has 33 heavy (non-hydrogen) atoms. The monoisotopic (exact) mass is 442 g/mol. The third-order valence-electron chi connectivity index (χ3n) is 6.00. The minimum atomic E-state index is -1.19. The van der Waals surface area contributed by atoms with Gasteiger partial charge < -0.3 is 15.0 Å². The van der Waals surface area contributed by atoms with Crippen LogP contribution in [0.1, 0.15) is 23.2 Å². The van der Waals surface area contributed by atoms with E-state index in [1.165, 1.54) is 12.1 Å². The molecule has 0 radical (unpaired) electrons. The smallest absolute Gasteiger partial charge is 0.335 e. The second-order valence-corrected chi connectivity index (χ2v) is 8.02. The average Bonchev–Trinajstić information content (AvgIpc) is 3.49. The van der Waals surface area contributed by atoms with Crippen LogP contribution in [-0.4, -0.2) is 37.4 Å². The fourth-order valence-corrected chi connectivity index (χ4v) is 4.33. The molecule has 164 valence electrons. The van der Waals surface area contributed by atoms with Crippen molar-refractivity contribution in [2.75, 3.05) is 11.4 Å². The number of aromatic nitrogens is 4. The van der Waals surface area contributed by atoms with Crippen LogP contribution in [0.15, 0.2) is 67.4 Å². The lowest BCUT2D eigenvalue weighted by Crippen LogP contribution is -2.46. The highest BCUT2D eigenvalue weighted by Crippen LogP contribution is 2.36. The fourth-order valence-electron chi connectivity index (χ4n) is 4.33. The number of halogens is 1. The molecule has 0 saturated heterocycles. The van der Waals surface area contributed by atoms with Gasteiger partial charge in [-0.05, 0) is 42.3 Å². The van der Waals surface area contributed by atoms with Crippen molar-refractivity contribution in [3.63, 3.8) is 0 Å². The number of aromatic amines is 1. The zero-order chi connectivity index (χ0) is 23.0. The number of carboxylic acids is 1. The number of anilines is 1. The molecule has 2 N–H and O–H groups in total. The highest BCUT2D eigenvalue weighted by molar-refractivity contribution is 5.92. The number of carbonyl (C=O) groups is 1. The molecule has 0 spiro atoms. The third-order valence-corrected chi connectivity index (χ3v) is 6.00. The first-order valence-electron chi connectivity index (χ1n) is 10.3. The molecule has 3 aromatic heterocycles. The van der Waals surface area contributed by atoms with Gasteiger partial charge in [-0.25, -0.2) is 14.2 Å². The number of hydrogen-bond donors (Lipinski definition) is 2. The summed E-state index contributed by atoms with van der Waals surface area (Å²) in [6.45, 7) is 0.303. The van der Waals surface area contributed by atoms with Crippen molar-refractivity contribution in [2.24, 2.45) is 0 Å². The molecule has 4 heterocycles. The fraction of sp³-hybridized carbons (Fsp3) is 0.167. The normalized spacial score (nSPS) is 17.9. The minimum absolute atomic E-state index is 0.120. The van der Waals surface area contributed by atoms with Gasteiger partial charge in [-0.15, -0.1) is 0 Å². The first-order chi connectivity index (χ1) is 16.0. The largest absolute Gasteiger partial charge is 0.478 e. The maximum Gasteiger partial charge on any atom is 0.335 e. The number of H-pyrrole nitrogens is 1. The van der Waals surface area contributed by atoms with Gasteiger partial charge in [0.25, 0.3) is 0 Å². The van der Waals surface area contributed by atoms with E-state index in [-0.39, 0.29) is 17.7 Å². The van der Waals surface area contributed by atoms with Gasteiger partial charge in [-0.3, -0.25) is 4.68 Å². The van der Waals surface area contributed by atoms with E-state index in [1.807, 2.05) is 30.6 Å². The summed E-state index contributed by atoms with van der Waals surface area (Å²) < 4.78 is 16.5. The molecule has 5 rings (SSSR count). The summed E-state index contributed by atoms with van der Waals surface area (Å²) in [4.78, 5) is 20.3. The lowest BCUT2D eigenvalue weighted by atomic mass is 9.88. The third kappa shape index (κ3) is 3.51. The number of allylic oxidation sites excluding steroid dienone is 1. The Hall–Kier alpha value is -4.45. The molecule has 0 aliphatic carbocycles. The van der Waals surface area contributed by atoms with E-state index >= 15 is 0 Å². The summed E-state index contributed by atoms with van der Waals surface area (Å²) in [6, 6.07) is 9.94. The van der Waals surface area contributed by atoms with Crippen LogP contribution in [0.5, 0.6) is 0 Å². The van der Waals surface area contributed by atoms with E-state index < -0.39 is 17.3 Å². The summed E-state index contributed by atoms with van der Waals surface area (Å²) >= 11 is 0. The number of nitriles is 1. The first kappa shape index (κ1) is 20.5. The predicted octanol–water partition coefficient (Wildman–Crippen LogP) is 4.30. The summed E-state index contributed by atoms with van der Waals surface area (Å²) in [6.07, 6.45) is 11.6. The zero-order valence-electron chi connectivity index (χ0n) is 17.4. The number of rotatable bonds is 5. The van der Waals surface area contributed by atoms with Crippen LogP contribution in [0.25, 0.3) is 22.2 Å². The van der Waals surface area contributed by atoms with Gasteiger partial charge in [0.1, 0.15) is 11.5 Å². The van der Waals surface area contributed by atoms with Crippen molar-refractivity contribution in [3.05, 3.63) is 78.8 Å². The van der Waals surface area contributed by atoms with Gasteiger partial charge in [-0.1, -0.05) is 6.08 Å². The first-order valence-corrected chi connectivity index (χ1v) is 10.3. The molecule has 1 aliphatic heterocycles. The van der Waals surface area contributed by atoms with E-state index in [0.29, 0.717) is 13.0 Å². The average molecular weight is 442 g/mol. The van der Waals surface area contributed by atoms with Crippen LogP contribution in [0.2, 0.25) is 0 Å². The Labute approximate surface area is 188 Å². The molecule has 8 nitrogen and oxygen atoms in total. The SMILES string of the molecule is N#CCC1(n2cc(-c3ccnc4[nH]ccc34)cn2)CC=CN(c2ccc(C(=O)O)cc2F)C1. The van der Waals surface area contributed by atoms with E-state index in [9.17, 15) is 14.4 Å². The molecule has 1 unspecified atom stereocenters. The number of carboxylic acid groups (broad SMARTS) is 1. The number of hydrogen-bond acceptors (Lipinski definition) is 5. The van der Waals surface area contributed by atoms with Crippen LogP contribution in [-0.2, 0) is 5.54 Å². The van der Waals surface area contributed by atoms with Crippen molar-refractivity contribution in [3.8, 4) is 17.2 Å². The maximum absolute atomic E-state index is 14.7. The van der Waals surface area contributed by atoms with Crippen molar-refractivity contribution in [1.82, 2.24) is 19.7 Å². The standard InChI is InChI=1S/C24H19FN6O2/c25-20-12-16(23(32)33)2-3-21(20)30-11-1-6-24(15-30,7-8-26)31-14-17(13-29-31)18-4-9-27-22-19(18)5-10-28-22/h1-5,9-14H,6-7,15H2,(H,27,28)(H,32,33). The highest BCUT2D eigenvalue weighted by atomic mass is 19.1. The summed E-state index contributed by atoms with van der Waals surface area (Å²) in [5.41, 5.74) is 2.04. The molecule has 1 aromatic carbocycles. The Kier molecular flexibility index (Phi) is 4.90. The molecule has 0 amide bonds. The Morgan fingerprint density at radius 3 is 3.00 bits per heavy atom. The summed E-state index contributed by atoms with van der Waals surface area (Å²) in [5, 5.41) is 24.3. The number of fused-ring (bicyclic) bond motifs is 1. The van der Waals surface area contributed by atoms with Crippen molar-refractivity contribution in [2.45, 2.75) is 18.4 Å². The second kappa shape index (κ2) is 7.91. The van der Waals surface area contributed by atoms with E-state index in [4.69, 9.17) is 5.11 Å². The topological polar surface area (TPSA) is 111 Å². The molecule has 0 saturated carbocycles. The van der Waals surface area contributed by atoms with Gasteiger partial charge in [0.2, 0.25) is 0 Å². The van der Waals surface area contributed by atoms with Gasteiger partial charge >= 0.3 is 5.97 Å². The number of aromatic carboxylic acids is 1. The molecule has 4 aromatic rings. The zero-order valence-corrected chi connectivity index (χ0v) is 17.4. The second-order valence-electron chi connectivity index (χ2n) is 8.02. The van der Waals surface area contributed by atoms with Crippen molar-refractivity contribution in [1.29, 1.82) is 5.26 Å². The van der Waals surface area contributed by atoms with Gasteiger partial charge in [0.05, 0.1) is 35.5 Å². The van der Waals surface area contributed by atoms with E-state index in [1.54, 1.807) is 28.2 Å². The van der Waals surface area contributed by atoms with Crippen LogP contribution < -0.4 is 4.90 Å². The molecule has 9 heteroatoms. The Bertz CT molecular complexity index is 1430. The Balaban J connectivity index is 1.51. The number of benzene rings is 1. The summed E-state index contributed by atoms with van der Waals surface area (Å²) in [5.74, 6) is -1.83. The minimum Gasteiger partial charge on any atom is -0.478 e. The van der Waals surface area contributed by atoms with Crippen molar-refractivity contribution >= 4 is 22.7 Å². The number of nitrogens with one attached hydrogen (secondary N) is 1. The van der Waals surface area contributed by atoms with Crippen molar-refractivity contribution < 1.29 is 14.3 Å². The lowest BCUT2D eigenvalue weighted by molar-refractivity contribution is 0.0696. The molecule has 0 fully saturated rings. The van der Waals surface area contributed by atoms with Gasteiger partial charge in [-0.2, -0.15) is 10.4 Å². The van der Waals surface area contributed by atoms with Crippen LogP contribution in [0, 0.1) is 17.1 Å². The number of nitrogens with zero attached hydrogens (tertiary/aromatic N) is 5. The molecular weight excluding hydrogens is 423 g/mol. The van der Waals surface area contributed by atoms with Gasteiger partial charge in [0, 0.05) is 42.3 Å². The van der Waals surface area contributed by atoms with Gasteiger partial charge in [0.15, 0.2) is 0 Å². The van der Waals surface area contributed by atoms with Crippen LogP contribution in [0.3, 0.4) is 0 Å². The highest BCUT2D eigenvalue weighted by Gasteiger charge is 2.37.